The predicted molar refractivity (Wildman–Crippen MR) is 68.1 cm³/mol. The minimum absolute atomic E-state index is 0.0621. The summed E-state index contributed by atoms with van der Waals surface area (Å²) in [4.78, 5) is 15.7. The summed E-state index contributed by atoms with van der Waals surface area (Å²) < 4.78 is 5.16. The summed E-state index contributed by atoms with van der Waals surface area (Å²) in [5.74, 6) is -0.277. The van der Waals surface area contributed by atoms with Crippen LogP contribution in [-0.4, -0.2) is 11.0 Å². The molecule has 0 spiro atoms. The van der Waals surface area contributed by atoms with Crippen molar-refractivity contribution >= 4 is 29.2 Å². The molecule has 5 heteroatoms. The first-order valence-electron chi connectivity index (χ1n) is 5.56. The Balaban J connectivity index is 2.61. The molecular weight excluding hydrogens is 261 g/mol. The van der Waals surface area contributed by atoms with Gasteiger partial charge in [0, 0.05) is 0 Å². The maximum absolute atomic E-state index is 11.6. The van der Waals surface area contributed by atoms with Crippen LogP contribution in [0.1, 0.15) is 32.4 Å². The van der Waals surface area contributed by atoms with E-state index in [2.05, 4.69) is 4.98 Å². The van der Waals surface area contributed by atoms with Crippen molar-refractivity contribution in [2.75, 3.05) is 0 Å². The van der Waals surface area contributed by atoms with Gasteiger partial charge in [0.15, 0.2) is 0 Å². The summed E-state index contributed by atoms with van der Waals surface area (Å²) in [6, 6.07) is 3.23. The second kappa shape index (κ2) is 6.82. The van der Waals surface area contributed by atoms with E-state index in [1.165, 1.54) is 0 Å². The first-order valence-corrected chi connectivity index (χ1v) is 6.31. The fraction of sp³-hybridized carbons (Fsp3) is 0.500. The molecule has 0 aliphatic carbocycles. The molecule has 94 valence electrons. The van der Waals surface area contributed by atoms with E-state index in [0.29, 0.717) is 15.9 Å². The fourth-order valence-electron chi connectivity index (χ4n) is 1.44. The van der Waals surface area contributed by atoms with Crippen LogP contribution in [0.2, 0.25) is 10.2 Å². The molecule has 0 N–H and O–H groups in total. The maximum atomic E-state index is 11.6. The van der Waals surface area contributed by atoms with E-state index in [0.717, 1.165) is 12.8 Å². The third-order valence-electron chi connectivity index (χ3n) is 2.55. The van der Waals surface area contributed by atoms with E-state index in [1.807, 2.05) is 13.8 Å². The molecule has 17 heavy (non-hydrogen) atoms. The van der Waals surface area contributed by atoms with Gasteiger partial charge >= 0.3 is 5.97 Å². The van der Waals surface area contributed by atoms with Crippen molar-refractivity contribution in [2.45, 2.75) is 33.3 Å². The Bertz CT molecular complexity index is 392. The van der Waals surface area contributed by atoms with E-state index in [-0.39, 0.29) is 18.5 Å². The Hall–Kier alpha value is -0.800. The molecule has 1 rings (SSSR count). The number of hydrogen-bond donors (Lipinski definition) is 0. The van der Waals surface area contributed by atoms with Crippen LogP contribution < -0.4 is 0 Å². The molecule has 0 radical (unpaired) electrons. The van der Waals surface area contributed by atoms with E-state index in [9.17, 15) is 4.79 Å². The minimum atomic E-state index is -0.215. The molecule has 0 saturated heterocycles. The van der Waals surface area contributed by atoms with Crippen molar-refractivity contribution in [3.05, 3.63) is 28.0 Å². The van der Waals surface area contributed by atoms with Crippen LogP contribution in [0.4, 0.5) is 0 Å². The second-order valence-electron chi connectivity index (χ2n) is 3.68. The van der Waals surface area contributed by atoms with Crippen LogP contribution in [0.15, 0.2) is 12.1 Å². The highest BCUT2D eigenvalue weighted by Gasteiger charge is 2.16. The fourth-order valence-corrected chi connectivity index (χ4v) is 1.76. The van der Waals surface area contributed by atoms with Gasteiger partial charge in [-0.3, -0.25) is 4.79 Å². The van der Waals surface area contributed by atoms with Gasteiger partial charge in [0.05, 0.1) is 16.6 Å². The predicted octanol–water partition coefficient (Wildman–Crippen LogP) is 3.87. The van der Waals surface area contributed by atoms with E-state index < -0.39 is 0 Å². The Kier molecular flexibility index (Phi) is 5.72. The quantitative estimate of drug-likeness (QED) is 0.605. The van der Waals surface area contributed by atoms with Gasteiger partial charge < -0.3 is 4.74 Å². The van der Waals surface area contributed by atoms with Gasteiger partial charge in [0.2, 0.25) is 0 Å². The summed E-state index contributed by atoms with van der Waals surface area (Å²) in [6.07, 6.45) is 1.54. The number of esters is 1. The number of aromatic nitrogens is 1. The molecule has 0 aromatic carbocycles. The zero-order chi connectivity index (χ0) is 12.8. The normalized spacial score (nSPS) is 10.6. The van der Waals surface area contributed by atoms with Gasteiger partial charge in [-0.15, -0.1) is 0 Å². The maximum Gasteiger partial charge on any atom is 0.309 e. The van der Waals surface area contributed by atoms with Gasteiger partial charge in [-0.2, -0.15) is 0 Å². The molecule has 3 nitrogen and oxygen atoms in total. The lowest BCUT2D eigenvalue weighted by atomic mass is 10.0. The lowest BCUT2D eigenvalue weighted by Crippen LogP contribution is -2.16. The highest BCUT2D eigenvalue weighted by Crippen LogP contribution is 2.18. The van der Waals surface area contributed by atoms with E-state index in [4.69, 9.17) is 27.9 Å². The number of carbonyl (C=O) groups excluding carboxylic acids is 1. The van der Waals surface area contributed by atoms with Crippen molar-refractivity contribution in [2.24, 2.45) is 5.92 Å². The van der Waals surface area contributed by atoms with Crippen LogP contribution in [0.25, 0.3) is 0 Å². The third-order valence-corrected chi connectivity index (χ3v) is 3.11. The molecule has 0 atom stereocenters. The molecular formula is C12H15Cl2NO2. The van der Waals surface area contributed by atoms with Crippen molar-refractivity contribution < 1.29 is 9.53 Å². The van der Waals surface area contributed by atoms with E-state index >= 15 is 0 Å². The third kappa shape index (κ3) is 4.17. The van der Waals surface area contributed by atoms with E-state index in [1.54, 1.807) is 12.1 Å². The second-order valence-corrected chi connectivity index (χ2v) is 4.48. The average molecular weight is 276 g/mol. The summed E-state index contributed by atoms with van der Waals surface area (Å²) in [5.41, 5.74) is 0.485. The average Bonchev–Trinajstić information content (AvgIpc) is 2.32. The largest absolute Gasteiger partial charge is 0.459 e. The molecule has 1 aromatic rings. The Morgan fingerprint density at radius 2 is 2.00 bits per heavy atom. The summed E-state index contributed by atoms with van der Waals surface area (Å²) in [6.45, 7) is 3.98. The highest BCUT2D eigenvalue weighted by atomic mass is 35.5. The van der Waals surface area contributed by atoms with Crippen LogP contribution in [0.3, 0.4) is 0 Å². The summed E-state index contributed by atoms with van der Waals surface area (Å²) in [7, 11) is 0. The van der Waals surface area contributed by atoms with Gasteiger partial charge in [-0.1, -0.05) is 37.0 Å². The van der Waals surface area contributed by atoms with Gasteiger partial charge in [-0.25, -0.2) is 4.98 Å². The van der Waals surface area contributed by atoms with Crippen LogP contribution >= 0.6 is 23.2 Å². The van der Waals surface area contributed by atoms with Crippen LogP contribution in [-0.2, 0) is 16.1 Å². The standard InChI is InChI=1S/C12H15Cl2NO2/c1-3-8(4-2)12(16)17-7-10-9(13)5-6-11(14)15-10/h5-6,8H,3-4,7H2,1-2H3. The first-order chi connectivity index (χ1) is 8.08. The van der Waals surface area contributed by atoms with Gasteiger partial charge in [0.25, 0.3) is 0 Å². The lowest BCUT2D eigenvalue weighted by molar-refractivity contribution is -0.150. The number of nitrogens with zero attached hydrogens (tertiary/aromatic N) is 1. The van der Waals surface area contributed by atoms with Crippen LogP contribution in [0.5, 0.6) is 0 Å². The Morgan fingerprint density at radius 1 is 1.35 bits per heavy atom. The molecule has 0 bridgehead atoms. The molecule has 0 saturated carbocycles. The number of carbonyl (C=O) groups is 1. The van der Waals surface area contributed by atoms with Gasteiger partial charge in [0.1, 0.15) is 11.8 Å². The smallest absolute Gasteiger partial charge is 0.309 e. The monoisotopic (exact) mass is 275 g/mol. The number of pyridine rings is 1. The molecule has 1 heterocycles. The van der Waals surface area contributed by atoms with Crippen molar-refractivity contribution in [1.82, 2.24) is 4.98 Å². The number of hydrogen-bond acceptors (Lipinski definition) is 3. The van der Waals surface area contributed by atoms with Crippen LogP contribution in [0, 0.1) is 5.92 Å². The topological polar surface area (TPSA) is 39.2 Å². The highest BCUT2D eigenvalue weighted by molar-refractivity contribution is 6.32. The van der Waals surface area contributed by atoms with Crippen molar-refractivity contribution in [3.63, 3.8) is 0 Å². The lowest BCUT2D eigenvalue weighted by Gasteiger charge is -2.12. The van der Waals surface area contributed by atoms with Crippen molar-refractivity contribution in [1.29, 1.82) is 0 Å². The van der Waals surface area contributed by atoms with Crippen molar-refractivity contribution in [3.8, 4) is 0 Å². The SMILES string of the molecule is CCC(CC)C(=O)OCc1nc(Cl)ccc1Cl. The molecule has 0 fully saturated rings. The number of rotatable bonds is 5. The Labute approximate surface area is 111 Å². The molecule has 1 aromatic heterocycles. The first kappa shape index (κ1) is 14.3. The molecule has 0 unspecified atom stereocenters. The number of halogens is 2. The summed E-state index contributed by atoms with van der Waals surface area (Å²) >= 11 is 11.7. The van der Waals surface area contributed by atoms with Gasteiger partial charge in [-0.05, 0) is 25.0 Å². The minimum Gasteiger partial charge on any atom is -0.459 e. The Morgan fingerprint density at radius 3 is 2.59 bits per heavy atom. The number of ether oxygens (including phenoxy) is 1. The molecule has 0 aliphatic heterocycles. The molecule has 0 amide bonds. The summed E-state index contributed by atoms with van der Waals surface area (Å²) in [5, 5.41) is 0.787. The zero-order valence-corrected chi connectivity index (χ0v) is 11.4. The zero-order valence-electron chi connectivity index (χ0n) is 9.87. The molecule has 0 aliphatic rings.